The molecule has 2 unspecified atom stereocenters. The molecule has 0 aromatic carbocycles. The van der Waals surface area contributed by atoms with Crippen LogP contribution in [-0.4, -0.2) is 49.1 Å². The van der Waals surface area contributed by atoms with Crippen molar-refractivity contribution in [3.8, 4) is 0 Å². The third kappa shape index (κ3) is 8.64. The third-order valence-electron chi connectivity index (χ3n) is 3.22. The Morgan fingerprint density at radius 3 is 2.17 bits per heavy atom. The summed E-state index contributed by atoms with van der Waals surface area (Å²) in [4.78, 5) is 23.7. The Hall–Kier alpha value is -1.50. The van der Waals surface area contributed by atoms with Gasteiger partial charge in [0.15, 0.2) is 0 Å². The highest BCUT2D eigenvalue weighted by Gasteiger charge is 2.29. The molecule has 23 heavy (non-hydrogen) atoms. The van der Waals surface area contributed by atoms with Crippen LogP contribution in [0.25, 0.3) is 0 Å². The number of amides is 2. The Bertz CT molecular complexity index is 413. The monoisotopic (exact) mass is 329 g/mol. The lowest BCUT2D eigenvalue weighted by atomic mass is 9.93. The Morgan fingerprint density at radius 1 is 1.04 bits per heavy atom. The predicted octanol–water partition coefficient (Wildman–Crippen LogP) is 2.01. The Morgan fingerprint density at radius 2 is 1.61 bits per heavy atom. The van der Waals surface area contributed by atoms with Gasteiger partial charge in [0.1, 0.15) is 11.2 Å². The maximum atomic E-state index is 11.9. The first kappa shape index (κ1) is 19.5. The topological polar surface area (TPSA) is 88.7 Å². The van der Waals surface area contributed by atoms with E-state index in [9.17, 15) is 9.59 Å². The van der Waals surface area contributed by atoms with Crippen LogP contribution in [0.1, 0.15) is 48.0 Å². The minimum Gasteiger partial charge on any atom is -0.444 e. The lowest BCUT2D eigenvalue weighted by Crippen LogP contribution is -2.53. The molecule has 1 aliphatic heterocycles. The molecule has 1 aliphatic rings. The lowest BCUT2D eigenvalue weighted by molar-refractivity contribution is 0.0462. The molecule has 0 aromatic rings. The first-order valence-corrected chi connectivity index (χ1v) is 8.13. The van der Waals surface area contributed by atoms with Gasteiger partial charge < -0.3 is 25.4 Å². The first-order valence-electron chi connectivity index (χ1n) is 8.13. The number of alkyl carbamates (subject to hydrolysis) is 2. The third-order valence-corrected chi connectivity index (χ3v) is 3.22. The van der Waals surface area contributed by atoms with Crippen LogP contribution in [0, 0.1) is 5.92 Å². The number of ether oxygens (including phenoxy) is 2. The molecular weight excluding hydrogens is 298 g/mol. The first-order chi connectivity index (χ1) is 10.5. The molecule has 0 saturated carbocycles. The van der Waals surface area contributed by atoms with Gasteiger partial charge in [-0.3, -0.25) is 0 Å². The van der Waals surface area contributed by atoms with E-state index in [4.69, 9.17) is 9.47 Å². The van der Waals surface area contributed by atoms with Gasteiger partial charge in [0.05, 0.1) is 0 Å². The highest BCUT2D eigenvalue weighted by atomic mass is 16.6. The van der Waals surface area contributed by atoms with E-state index in [1.807, 2.05) is 41.5 Å². The summed E-state index contributed by atoms with van der Waals surface area (Å²) in [5.41, 5.74) is -1.05. The van der Waals surface area contributed by atoms with Crippen molar-refractivity contribution in [3.63, 3.8) is 0 Å². The van der Waals surface area contributed by atoms with Crippen molar-refractivity contribution in [2.45, 2.75) is 65.2 Å². The Labute approximate surface area is 138 Å². The number of piperidine rings is 1. The molecule has 0 spiro atoms. The quantitative estimate of drug-likeness (QED) is 0.737. The molecule has 1 saturated heterocycles. The van der Waals surface area contributed by atoms with Crippen LogP contribution in [0.3, 0.4) is 0 Å². The van der Waals surface area contributed by atoms with Gasteiger partial charge in [-0.1, -0.05) is 0 Å². The molecular formula is C16H31N3O4. The molecule has 7 heteroatoms. The van der Waals surface area contributed by atoms with E-state index in [1.54, 1.807) is 0 Å². The van der Waals surface area contributed by atoms with Crippen LogP contribution in [0.5, 0.6) is 0 Å². The summed E-state index contributed by atoms with van der Waals surface area (Å²) in [7, 11) is 0. The van der Waals surface area contributed by atoms with E-state index in [1.165, 1.54) is 0 Å². The molecule has 134 valence electrons. The van der Waals surface area contributed by atoms with Crippen molar-refractivity contribution in [1.29, 1.82) is 0 Å². The van der Waals surface area contributed by atoms with Crippen LogP contribution in [0.2, 0.25) is 0 Å². The number of nitrogens with one attached hydrogen (secondary N) is 3. The summed E-state index contributed by atoms with van der Waals surface area (Å²) < 4.78 is 10.5. The maximum absolute atomic E-state index is 11.9. The largest absolute Gasteiger partial charge is 0.444 e. The van der Waals surface area contributed by atoms with Gasteiger partial charge in [0, 0.05) is 25.0 Å². The van der Waals surface area contributed by atoms with Crippen LogP contribution in [-0.2, 0) is 9.47 Å². The van der Waals surface area contributed by atoms with Gasteiger partial charge >= 0.3 is 12.2 Å². The molecule has 7 nitrogen and oxygen atoms in total. The number of hydrogen-bond acceptors (Lipinski definition) is 5. The summed E-state index contributed by atoms with van der Waals surface area (Å²) in [6, 6.07) is -0.0407. The van der Waals surface area contributed by atoms with Crippen LogP contribution < -0.4 is 16.0 Å². The molecule has 2 amide bonds. The Balaban J connectivity index is 2.48. The van der Waals surface area contributed by atoms with E-state index in [0.717, 1.165) is 19.5 Å². The lowest BCUT2D eigenvalue weighted by Gasteiger charge is -2.33. The Kier molecular flexibility index (Phi) is 6.68. The summed E-state index contributed by atoms with van der Waals surface area (Å²) in [5.74, 6) is 0.0868. The van der Waals surface area contributed by atoms with E-state index in [2.05, 4.69) is 16.0 Å². The second kappa shape index (κ2) is 7.86. The van der Waals surface area contributed by atoms with Crippen LogP contribution >= 0.6 is 0 Å². The predicted molar refractivity (Wildman–Crippen MR) is 88.4 cm³/mol. The molecule has 1 fully saturated rings. The molecule has 0 aliphatic carbocycles. The van der Waals surface area contributed by atoms with Gasteiger partial charge in [-0.15, -0.1) is 0 Å². The van der Waals surface area contributed by atoms with Crippen molar-refractivity contribution < 1.29 is 19.1 Å². The van der Waals surface area contributed by atoms with Crippen LogP contribution in [0.15, 0.2) is 0 Å². The highest BCUT2D eigenvalue weighted by Crippen LogP contribution is 2.14. The number of carbonyl (C=O) groups excluding carboxylic acids is 2. The van der Waals surface area contributed by atoms with Crippen molar-refractivity contribution in [1.82, 2.24) is 16.0 Å². The summed E-state index contributed by atoms with van der Waals surface area (Å²) in [6.07, 6.45) is -0.0781. The molecule has 0 bridgehead atoms. The van der Waals surface area contributed by atoms with Crippen molar-refractivity contribution in [3.05, 3.63) is 0 Å². The normalized spacial score (nSPS) is 22.2. The molecule has 0 aromatic heterocycles. The SMILES string of the molecule is CC(C)(C)OC(=O)NCC1CNCCC1NC(=O)OC(C)(C)C. The molecule has 0 radical (unpaired) electrons. The maximum Gasteiger partial charge on any atom is 0.407 e. The second-order valence-electron chi connectivity index (χ2n) is 7.89. The van der Waals surface area contributed by atoms with Gasteiger partial charge in [-0.2, -0.15) is 0 Å². The van der Waals surface area contributed by atoms with Gasteiger partial charge in [-0.05, 0) is 54.5 Å². The van der Waals surface area contributed by atoms with Crippen LogP contribution in [0.4, 0.5) is 9.59 Å². The summed E-state index contributed by atoms with van der Waals surface area (Å²) in [5, 5.41) is 8.95. The molecule has 1 rings (SSSR count). The zero-order valence-corrected chi connectivity index (χ0v) is 15.1. The standard InChI is InChI=1S/C16H31N3O4/c1-15(2,3)22-13(20)18-10-11-9-17-8-7-12(11)19-14(21)23-16(4,5)6/h11-12,17H,7-10H2,1-6H3,(H,18,20)(H,19,21). The molecule has 1 heterocycles. The van der Waals surface area contributed by atoms with Crippen molar-refractivity contribution in [2.24, 2.45) is 5.92 Å². The molecule has 2 atom stereocenters. The zero-order chi connectivity index (χ0) is 17.7. The highest BCUT2D eigenvalue weighted by molar-refractivity contribution is 5.68. The van der Waals surface area contributed by atoms with E-state index >= 15 is 0 Å². The van der Waals surface area contributed by atoms with E-state index in [-0.39, 0.29) is 12.0 Å². The fraction of sp³-hybridized carbons (Fsp3) is 0.875. The van der Waals surface area contributed by atoms with E-state index in [0.29, 0.717) is 6.54 Å². The van der Waals surface area contributed by atoms with Crippen molar-refractivity contribution >= 4 is 12.2 Å². The van der Waals surface area contributed by atoms with Gasteiger partial charge in [0.25, 0.3) is 0 Å². The average Bonchev–Trinajstić information content (AvgIpc) is 2.33. The number of carbonyl (C=O) groups is 2. The number of rotatable bonds is 3. The smallest absolute Gasteiger partial charge is 0.407 e. The van der Waals surface area contributed by atoms with Crippen molar-refractivity contribution in [2.75, 3.05) is 19.6 Å². The fourth-order valence-electron chi connectivity index (χ4n) is 2.31. The summed E-state index contributed by atoms with van der Waals surface area (Å²) in [6.45, 7) is 12.9. The average molecular weight is 329 g/mol. The minimum absolute atomic E-state index is 0.0407. The second-order valence-corrected chi connectivity index (χ2v) is 7.89. The molecule has 3 N–H and O–H groups in total. The summed E-state index contributed by atoms with van der Waals surface area (Å²) >= 11 is 0. The van der Waals surface area contributed by atoms with Gasteiger partial charge in [0.2, 0.25) is 0 Å². The minimum atomic E-state index is -0.527. The fourth-order valence-corrected chi connectivity index (χ4v) is 2.31. The number of hydrogen-bond donors (Lipinski definition) is 3. The van der Waals surface area contributed by atoms with E-state index < -0.39 is 23.4 Å². The zero-order valence-electron chi connectivity index (χ0n) is 15.1. The van der Waals surface area contributed by atoms with Gasteiger partial charge in [-0.25, -0.2) is 9.59 Å².